The van der Waals surface area contributed by atoms with Crippen LogP contribution in [-0.4, -0.2) is 122 Å². The number of benzene rings is 3. The monoisotopic (exact) mass is 852 g/mol. The number of carbonyl (C=O) groups excluding carboxylic acids is 3. The van der Waals surface area contributed by atoms with E-state index in [0.717, 1.165) is 22.3 Å². The van der Waals surface area contributed by atoms with Gasteiger partial charge in [-0.1, -0.05) is 38.1 Å². The van der Waals surface area contributed by atoms with E-state index in [0.29, 0.717) is 101 Å². The molecule has 0 aliphatic carbocycles. The van der Waals surface area contributed by atoms with Crippen LogP contribution in [0.5, 0.6) is 11.5 Å². The smallest absolute Gasteiger partial charge is 0.246 e. The van der Waals surface area contributed by atoms with Crippen LogP contribution < -0.4 is 26.4 Å². The number of hydrogen-bond acceptors (Lipinski definition) is 13. The number of anilines is 2. The summed E-state index contributed by atoms with van der Waals surface area (Å²) in [5.41, 5.74) is 10.1. The highest BCUT2D eigenvalue weighted by atomic mass is 32.2. The SMILES string of the molecule is COCCOCCOCCOCCOCCOCC(=O)N[C@@H](CC(C)C)C(=O)N[C@@H](CCSC)C(=O)Nc1ccc2c(c1)Oc1cc(N)ccc1C21OCc2ccccc21. The molecule has 3 amide bonds. The molecule has 3 aromatic carbocycles. The van der Waals surface area contributed by atoms with Crippen LogP contribution in [0.3, 0.4) is 0 Å². The summed E-state index contributed by atoms with van der Waals surface area (Å²) in [7, 11) is 1.63. The minimum absolute atomic E-state index is 0.0813. The van der Waals surface area contributed by atoms with E-state index in [2.05, 4.69) is 28.1 Å². The summed E-state index contributed by atoms with van der Waals surface area (Å²) >= 11 is 1.56. The van der Waals surface area contributed by atoms with Gasteiger partial charge < -0.3 is 59.6 Å². The largest absolute Gasteiger partial charge is 0.456 e. The molecule has 0 radical (unpaired) electrons. The molecule has 2 aliphatic heterocycles. The standard InChI is InChI=1S/C44H60N4O11S/c1-30(2)25-38(47-41(49)29-57-23-22-56-21-20-55-19-18-54-17-16-53-15-14-52-3)43(51)48-37(13-24-60-4)42(50)46-33-10-12-36-40(27-33)59-39-26-32(45)9-11-35(39)44(36)34-8-6-5-7-31(34)28-58-44/h5-12,26-27,30,37-38H,13-25,28-29,45H2,1-4H3,(H,46,50)(H,47,49)(H,48,51)/t37-,38-,44?/m0/s1. The lowest BCUT2D eigenvalue weighted by Gasteiger charge is -2.37. The normalized spacial score (nSPS) is 16.1. The van der Waals surface area contributed by atoms with Crippen molar-refractivity contribution < 1.29 is 52.3 Å². The summed E-state index contributed by atoms with van der Waals surface area (Å²) in [6.45, 7) is 8.30. The van der Waals surface area contributed by atoms with Crippen LogP contribution in [0.1, 0.15) is 48.9 Å². The molecule has 0 aromatic heterocycles. The molecule has 3 aromatic rings. The van der Waals surface area contributed by atoms with Crippen molar-refractivity contribution in [2.24, 2.45) is 5.92 Å². The fraction of sp³-hybridized carbons (Fsp3) is 0.523. The molecule has 328 valence electrons. The second-order valence-corrected chi connectivity index (χ2v) is 15.8. The van der Waals surface area contributed by atoms with Crippen molar-refractivity contribution in [3.05, 3.63) is 82.9 Å². The molecule has 2 heterocycles. The topological polar surface area (TPSA) is 187 Å². The first-order chi connectivity index (χ1) is 29.2. The van der Waals surface area contributed by atoms with Gasteiger partial charge in [-0.05, 0) is 66.2 Å². The van der Waals surface area contributed by atoms with Crippen molar-refractivity contribution in [2.75, 3.05) is 103 Å². The van der Waals surface area contributed by atoms with Crippen molar-refractivity contribution in [3.63, 3.8) is 0 Å². The van der Waals surface area contributed by atoms with Gasteiger partial charge in [-0.2, -0.15) is 11.8 Å². The number of nitrogens with two attached hydrogens (primary N) is 1. The number of fused-ring (bicyclic) bond motifs is 6. The number of amides is 3. The van der Waals surface area contributed by atoms with Crippen LogP contribution in [0.15, 0.2) is 60.7 Å². The summed E-state index contributed by atoms with van der Waals surface area (Å²) in [5.74, 6) is 0.488. The molecule has 3 atom stereocenters. The molecular weight excluding hydrogens is 793 g/mol. The predicted octanol–water partition coefficient (Wildman–Crippen LogP) is 4.63. The fourth-order valence-corrected chi connectivity index (χ4v) is 7.46. The number of hydrogen-bond donors (Lipinski definition) is 4. The Kier molecular flexibility index (Phi) is 18.9. The van der Waals surface area contributed by atoms with Crippen molar-refractivity contribution in [1.82, 2.24) is 10.6 Å². The third-order valence-corrected chi connectivity index (χ3v) is 10.5. The van der Waals surface area contributed by atoms with Crippen molar-refractivity contribution >= 4 is 40.9 Å². The van der Waals surface area contributed by atoms with Gasteiger partial charge in [-0.25, -0.2) is 0 Å². The van der Waals surface area contributed by atoms with Gasteiger partial charge in [-0.15, -0.1) is 0 Å². The zero-order valence-electron chi connectivity index (χ0n) is 35.1. The molecule has 0 bridgehead atoms. The van der Waals surface area contributed by atoms with Gasteiger partial charge in [0, 0.05) is 41.7 Å². The highest BCUT2D eigenvalue weighted by molar-refractivity contribution is 7.98. The van der Waals surface area contributed by atoms with E-state index in [1.54, 1.807) is 31.0 Å². The molecule has 60 heavy (non-hydrogen) atoms. The second kappa shape index (κ2) is 24.3. The number of methoxy groups -OCH3 is 1. The Hall–Kier alpha value is -4.26. The number of thioether (sulfide) groups is 1. The molecule has 5 rings (SSSR count). The van der Waals surface area contributed by atoms with Crippen LogP contribution in [-0.2, 0) is 59.7 Å². The lowest BCUT2D eigenvalue weighted by atomic mass is 9.77. The molecule has 5 N–H and O–H groups in total. The van der Waals surface area contributed by atoms with E-state index in [1.165, 1.54) is 0 Å². The summed E-state index contributed by atoms with van der Waals surface area (Å²) in [5, 5.41) is 8.68. The van der Waals surface area contributed by atoms with Crippen LogP contribution in [0.4, 0.5) is 11.4 Å². The van der Waals surface area contributed by atoms with Gasteiger partial charge in [-0.3, -0.25) is 14.4 Å². The van der Waals surface area contributed by atoms with E-state index in [9.17, 15) is 14.4 Å². The maximum Gasteiger partial charge on any atom is 0.246 e. The van der Waals surface area contributed by atoms with E-state index < -0.39 is 35.4 Å². The Morgan fingerprint density at radius 3 is 2.02 bits per heavy atom. The lowest BCUT2D eigenvalue weighted by Crippen LogP contribution is -2.53. The first-order valence-corrected chi connectivity index (χ1v) is 21.8. The maximum atomic E-state index is 13.9. The van der Waals surface area contributed by atoms with Gasteiger partial charge in [0.05, 0.1) is 72.7 Å². The summed E-state index contributed by atoms with van der Waals surface area (Å²) in [4.78, 5) is 40.4. The van der Waals surface area contributed by atoms with Crippen molar-refractivity contribution in [2.45, 2.75) is 51.0 Å². The molecule has 2 aliphatic rings. The molecule has 1 spiro atoms. The Balaban J connectivity index is 1.10. The molecule has 16 heteroatoms. The molecule has 15 nitrogen and oxygen atoms in total. The third kappa shape index (κ3) is 13.1. The Labute approximate surface area is 357 Å². The third-order valence-electron chi connectivity index (χ3n) is 9.83. The second-order valence-electron chi connectivity index (χ2n) is 14.8. The summed E-state index contributed by atoms with van der Waals surface area (Å²) in [6, 6.07) is 17.4. The zero-order chi connectivity index (χ0) is 42.7. The van der Waals surface area contributed by atoms with E-state index in [4.69, 9.17) is 43.6 Å². The number of nitrogens with one attached hydrogen (secondary N) is 3. The maximum absolute atomic E-state index is 13.9. The number of carbonyl (C=O) groups is 3. The van der Waals surface area contributed by atoms with Crippen LogP contribution in [0.25, 0.3) is 0 Å². The summed E-state index contributed by atoms with van der Waals surface area (Å²) in [6.07, 6.45) is 2.67. The first-order valence-electron chi connectivity index (χ1n) is 20.4. The predicted molar refractivity (Wildman–Crippen MR) is 229 cm³/mol. The number of nitrogen functional groups attached to an aromatic ring is 1. The van der Waals surface area contributed by atoms with Crippen molar-refractivity contribution in [1.29, 1.82) is 0 Å². The minimum atomic E-state index is -0.911. The average Bonchev–Trinajstić information content (AvgIpc) is 3.61. The molecule has 0 fully saturated rings. The highest BCUT2D eigenvalue weighted by Gasteiger charge is 2.49. The molecular formula is C44H60N4O11S. The van der Waals surface area contributed by atoms with Gasteiger partial charge in [0.25, 0.3) is 0 Å². The quantitative estimate of drug-likeness (QED) is 0.0615. The van der Waals surface area contributed by atoms with Crippen molar-refractivity contribution in [3.8, 4) is 11.5 Å². The van der Waals surface area contributed by atoms with Gasteiger partial charge in [0.15, 0.2) is 5.60 Å². The van der Waals surface area contributed by atoms with Gasteiger partial charge in [0.1, 0.15) is 30.2 Å². The molecule has 0 saturated carbocycles. The zero-order valence-corrected chi connectivity index (χ0v) is 35.9. The number of rotatable bonds is 27. The average molecular weight is 853 g/mol. The highest BCUT2D eigenvalue weighted by Crippen LogP contribution is 2.56. The Bertz CT molecular complexity index is 1850. The number of ether oxygens (including phenoxy) is 8. The minimum Gasteiger partial charge on any atom is -0.456 e. The van der Waals surface area contributed by atoms with E-state index >= 15 is 0 Å². The molecule has 1 unspecified atom stereocenters. The Morgan fingerprint density at radius 1 is 0.750 bits per heavy atom. The lowest BCUT2D eigenvalue weighted by molar-refractivity contribution is -0.133. The van der Waals surface area contributed by atoms with Gasteiger partial charge in [0.2, 0.25) is 17.7 Å². The van der Waals surface area contributed by atoms with Crippen LogP contribution in [0.2, 0.25) is 0 Å². The fourth-order valence-electron chi connectivity index (χ4n) is 6.98. The van der Waals surface area contributed by atoms with E-state index in [-0.39, 0.29) is 25.7 Å². The first kappa shape index (κ1) is 46.8. The summed E-state index contributed by atoms with van der Waals surface area (Å²) < 4.78 is 45.2. The Morgan fingerprint density at radius 2 is 1.37 bits per heavy atom. The van der Waals surface area contributed by atoms with Crippen LogP contribution >= 0.6 is 11.8 Å². The van der Waals surface area contributed by atoms with Gasteiger partial charge >= 0.3 is 0 Å². The molecule has 0 saturated heterocycles. The van der Waals surface area contributed by atoms with Crippen LogP contribution in [0, 0.1) is 5.92 Å². The van der Waals surface area contributed by atoms with E-state index in [1.807, 2.05) is 56.5 Å².